The van der Waals surface area contributed by atoms with Crippen LogP contribution in [0.2, 0.25) is 0 Å². The standard InChI is InChI=1S/C9H18O2/c1-8-4-9(5-8,6-10-2)7-11-3/h8H,4-7H2,1-3H3. The number of rotatable bonds is 4. The Morgan fingerprint density at radius 3 is 1.91 bits per heavy atom. The monoisotopic (exact) mass is 158 g/mol. The van der Waals surface area contributed by atoms with Crippen LogP contribution in [0.4, 0.5) is 0 Å². The Hall–Kier alpha value is -0.0800. The average molecular weight is 158 g/mol. The highest BCUT2D eigenvalue weighted by molar-refractivity contribution is 4.91. The van der Waals surface area contributed by atoms with Gasteiger partial charge in [-0.25, -0.2) is 0 Å². The van der Waals surface area contributed by atoms with E-state index in [-0.39, 0.29) is 0 Å². The minimum absolute atomic E-state index is 0.350. The van der Waals surface area contributed by atoms with E-state index >= 15 is 0 Å². The molecule has 1 rings (SSSR count). The number of hydrogen-bond acceptors (Lipinski definition) is 2. The zero-order valence-corrected chi connectivity index (χ0v) is 7.72. The predicted molar refractivity (Wildman–Crippen MR) is 44.6 cm³/mol. The quantitative estimate of drug-likeness (QED) is 0.620. The minimum Gasteiger partial charge on any atom is -0.384 e. The summed E-state index contributed by atoms with van der Waals surface area (Å²) in [5, 5.41) is 0. The molecule has 0 spiro atoms. The van der Waals surface area contributed by atoms with E-state index in [1.807, 2.05) is 0 Å². The molecule has 66 valence electrons. The molecule has 0 aliphatic heterocycles. The van der Waals surface area contributed by atoms with Gasteiger partial charge in [0.1, 0.15) is 0 Å². The van der Waals surface area contributed by atoms with E-state index < -0.39 is 0 Å². The van der Waals surface area contributed by atoms with Crippen molar-refractivity contribution in [1.82, 2.24) is 0 Å². The summed E-state index contributed by atoms with van der Waals surface area (Å²) in [4.78, 5) is 0. The molecule has 0 aromatic heterocycles. The molecule has 1 saturated carbocycles. The Balaban J connectivity index is 2.33. The second-order valence-electron chi connectivity index (χ2n) is 3.88. The van der Waals surface area contributed by atoms with Gasteiger partial charge >= 0.3 is 0 Å². The molecule has 0 N–H and O–H groups in total. The molecular formula is C9H18O2. The van der Waals surface area contributed by atoms with Gasteiger partial charge in [0.2, 0.25) is 0 Å². The Kier molecular flexibility index (Phi) is 2.90. The first kappa shape index (κ1) is 9.01. The Labute approximate surface area is 68.9 Å². The molecular weight excluding hydrogens is 140 g/mol. The lowest BCUT2D eigenvalue weighted by Gasteiger charge is -2.45. The maximum atomic E-state index is 5.17. The van der Waals surface area contributed by atoms with E-state index in [4.69, 9.17) is 9.47 Å². The highest BCUT2D eigenvalue weighted by atomic mass is 16.5. The first-order valence-electron chi connectivity index (χ1n) is 4.20. The zero-order chi connectivity index (χ0) is 8.32. The van der Waals surface area contributed by atoms with Crippen LogP contribution in [0, 0.1) is 11.3 Å². The Morgan fingerprint density at radius 1 is 1.18 bits per heavy atom. The molecule has 0 bridgehead atoms. The molecule has 1 aliphatic carbocycles. The fraction of sp³-hybridized carbons (Fsp3) is 1.00. The van der Waals surface area contributed by atoms with Gasteiger partial charge in [0, 0.05) is 19.6 Å². The topological polar surface area (TPSA) is 18.5 Å². The molecule has 2 nitrogen and oxygen atoms in total. The first-order valence-corrected chi connectivity index (χ1v) is 4.20. The summed E-state index contributed by atoms with van der Waals surface area (Å²) in [7, 11) is 3.53. The van der Waals surface area contributed by atoms with Gasteiger partial charge in [-0.3, -0.25) is 0 Å². The molecule has 0 saturated heterocycles. The molecule has 0 unspecified atom stereocenters. The summed E-state index contributed by atoms with van der Waals surface area (Å²) >= 11 is 0. The van der Waals surface area contributed by atoms with E-state index in [9.17, 15) is 0 Å². The van der Waals surface area contributed by atoms with Crippen LogP contribution in [0.3, 0.4) is 0 Å². The minimum atomic E-state index is 0.350. The summed E-state index contributed by atoms with van der Waals surface area (Å²) in [6.45, 7) is 3.99. The van der Waals surface area contributed by atoms with Crippen molar-refractivity contribution in [3.05, 3.63) is 0 Å². The molecule has 1 fully saturated rings. The van der Waals surface area contributed by atoms with Gasteiger partial charge in [-0.15, -0.1) is 0 Å². The van der Waals surface area contributed by atoms with Crippen LogP contribution in [0.5, 0.6) is 0 Å². The van der Waals surface area contributed by atoms with Crippen LogP contribution in [0.1, 0.15) is 19.8 Å². The second kappa shape index (κ2) is 3.55. The maximum Gasteiger partial charge on any atom is 0.0540 e. The van der Waals surface area contributed by atoms with Gasteiger partial charge in [0.15, 0.2) is 0 Å². The number of methoxy groups -OCH3 is 2. The number of ether oxygens (including phenoxy) is 2. The third kappa shape index (κ3) is 1.94. The molecule has 1 aliphatic rings. The maximum absolute atomic E-state index is 5.17. The van der Waals surface area contributed by atoms with Crippen LogP contribution in [-0.4, -0.2) is 27.4 Å². The van der Waals surface area contributed by atoms with E-state index in [2.05, 4.69) is 6.92 Å². The van der Waals surface area contributed by atoms with Crippen molar-refractivity contribution in [1.29, 1.82) is 0 Å². The Bertz CT molecular complexity index is 101. The lowest BCUT2D eigenvalue weighted by atomic mass is 9.63. The summed E-state index contributed by atoms with van der Waals surface area (Å²) < 4.78 is 10.3. The van der Waals surface area contributed by atoms with Crippen molar-refractivity contribution in [3.8, 4) is 0 Å². The normalized spacial score (nSPS) is 23.2. The molecule has 0 aromatic rings. The summed E-state index contributed by atoms with van der Waals surface area (Å²) in [5.74, 6) is 0.861. The molecule has 11 heavy (non-hydrogen) atoms. The van der Waals surface area contributed by atoms with E-state index in [0.29, 0.717) is 5.41 Å². The van der Waals surface area contributed by atoms with Crippen molar-refractivity contribution in [2.45, 2.75) is 19.8 Å². The second-order valence-corrected chi connectivity index (χ2v) is 3.88. The van der Waals surface area contributed by atoms with Crippen LogP contribution in [-0.2, 0) is 9.47 Å². The van der Waals surface area contributed by atoms with Crippen LogP contribution < -0.4 is 0 Å². The molecule has 0 radical (unpaired) electrons. The lowest BCUT2D eigenvalue weighted by Crippen LogP contribution is -2.43. The van der Waals surface area contributed by atoms with E-state index in [1.165, 1.54) is 12.8 Å². The van der Waals surface area contributed by atoms with Gasteiger partial charge in [-0.1, -0.05) is 6.92 Å². The fourth-order valence-electron chi connectivity index (χ4n) is 2.31. The van der Waals surface area contributed by atoms with Crippen molar-refractivity contribution in [3.63, 3.8) is 0 Å². The van der Waals surface area contributed by atoms with Crippen molar-refractivity contribution < 1.29 is 9.47 Å². The highest BCUT2D eigenvalue weighted by Crippen LogP contribution is 2.45. The smallest absolute Gasteiger partial charge is 0.0540 e. The largest absolute Gasteiger partial charge is 0.384 e. The lowest BCUT2D eigenvalue weighted by molar-refractivity contribution is -0.0680. The predicted octanol–water partition coefficient (Wildman–Crippen LogP) is 1.70. The highest BCUT2D eigenvalue weighted by Gasteiger charge is 2.41. The van der Waals surface area contributed by atoms with Gasteiger partial charge in [-0.2, -0.15) is 0 Å². The van der Waals surface area contributed by atoms with E-state index in [0.717, 1.165) is 19.1 Å². The summed E-state index contributed by atoms with van der Waals surface area (Å²) in [6.07, 6.45) is 2.52. The van der Waals surface area contributed by atoms with Gasteiger partial charge in [0.05, 0.1) is 13.2 Å². The third-order valence-corrected chi connectivity index (χ3v) is 2.46. The molecule has 0 heterocycles. The molecule has 0 amide bonds. The fourth-order valence-corrected chi connectivity index (χ4v) is 2.31. The van der Waals surface area contributed by atoms with Crippen molar-refractivity contribution in [2.75, 3.05) is 27.4 Å². The Morgan fingerprint density at radius 2 is 1.64 bits per heavy atom. The zero-order valence-electron chi connectivity index (χ0n) is 7.72. The van der Waals surface area contributed by atoms with Crippen LogP contribution in [0.15, 0.2) is 0 Å². The van der Waals surface area contributed by atoms with Crippen LogP contribution >= 0.6 is 0 Å². The summed E-state index contributed by atoms with van der Waals surface area (Å²) in [5.41, 5.74) is 0.350. The summed E-state index contributed by atoms with van der Waals surface area (Å²) in [6, 6.07) is 0. The third-order valence-electron chi connectivity index (χ3n) is 2.46. The average Bonchev–Trinajstić information content (AvgIpc) is 1.86. The van der Waals surface area contributed by atoms with Crippen LogP contribution in [0.25, 0.3) is 0 Å². The number of hydrogen-bond donors (Lipinski definition) is 0. The van der Waals surface area contributed by atoms with Crippen molar-refractivity contribution in [2.24, 2.45) is 11.3 Å². The SMILES string of the molecule is COCC1(COC)CC(C)C1. The van der Waals surface area contributed by atoms with Gasteiger partial charge in [0.25, 0.3) is 0 Å². The molecule has 0 aromatic carbocycles. The molecule has 2 heteroatoms. The van der Waals surface area contributed by atoms with Gasteiger partial charge in [-0.05, 0) is 18.8 Å². The van der Waals surface area contributed by atoms with Gasteiger partial charge < -0.3 is 9.47 Å². The first-order chi connectivity index (χ1) is 5.22. The van der Waals surface area contributed by atoms with E-state index in [1.54, 1.807) is 14.2 Å². The van der Waals surface area contributed by atoms with Crippen molar-refractivity contribution >= 4 is 0 Å². The molecule has 0 atom stereocenters.